The molecule has 7 heteroatoms. The summed E-state index contributed by atoms with van der Waals surface area (Å²) < 4.78 is 5.23. The van der Waals surface area contributed by atoms with Gasteiger partial charge in [0.25, 0.3) is 0 Å². The second kappa shape index (κ2) is 7.27. The fourth-order valence-electron chi connectivity index (χ4n) is 8.45. The van der Waals surface area contributed by atoms with E-state index in [1.54, 1.807) is 6.08 Å². The summed E-state index contributed by atoms with van der Waals surface area (Å²) in [6, 6.07) is 0. The molecule has 6 nitrogen and oxygen atoms in total. The van der Waals surface area contributed by atoms with E-state index in [0.29, 0.717) is 24.4 Å². The molecule has 4 saturated carbocycles. The standard InChI is InChI=1S/C24H35N3O3S/c1-22-8-5-16(26-27-21(25)31)12-15(22)3-4-19-18(22)6-9-23(2)17(7-10-24(19,23)29)14-11-20(28)30-13-14/h11,15,17-19,29H,3-10,12-13H2,1-2H3,(H3,25,27,31)/t15?,17?,18-,19?,22-,23+,24?/m0/s1. The third-order valence-corrected chi connectivity index (χ3v) is 10.2. The maximum atomic E-state index is 12.2. The van der Waals surface area contributed by atoms with E-state index in [9.17, 15) is 9.90 Å². The van der Waals surface area contributed by atoms with Gasteiger partial charge in [-0.15, -0.1) is 0 Å². The number of ether oxygens (including phenoxy) is 1. The molecule has 0 radical (unpaired) electrons. The Bertz CT molecular complexity index is 872. The van der Waals surface area contributed by atoms with Crippen LogP contribution in [0.15, 0.2) is 16.8 Å². The van der Waals surface area contributed by atoms with Gasteiger partial charge in [-0.25, -0.2) is 4.79 Å². The van der Waals surface area contributed by atoms with Crippen molar-refractivity contribution < 1.29 is 14.6 Å². The van der Waals surface area contributed by atoms with Crippen molar-refractivity contribution in [1.29, 1.82) is 0 Å². The lowest BCUT2D eigenvalue weighted by Gasteiger charge is -2.63. The molecule has 0 bridgehead atoms. The summed E-state index contributed by atoms with van der Waals surface area (Å²) in [5.74, 6) is 1.52. The van der Waals surface area contributed by atoms with Crippen LogP contribution in [0, 0.1) is 34.5 Å². The van der Waals surface area contributed by atoms with Crippen molar-refractivity contribution in [2.24, 2.45) is 45.3 Å². The fourth-order valence-corrected chi connectivity index (χ4v) is 8.49. The summed E-state index contributed by atoms with van der Waals surface area (Å²) in [7, 11) is 0. The minimum atomic E-state index is -0.650. The Balaban J connectivity index is 1.39. The maximum Gasteiger partial charge on any atom is 0.331 e. The van der Waals surface area contributed by atoms with Crippen LogP contribution in [0.4, 0.5) is 0 Å². The maximum absolute atomic E-state index is 12.2. The van der Waals surface area contributed by atoms with Crippen LogP contribution in [-0.4, -0.2) is 34.1 Å². The summed E-state index contributed by atoms with van der Waals surface area (Å²) >= 11 is 4.90. The van der Waals surface area contributed by atoms with Gasteiger partial charge in [0, 0.05) is 17.2 Å². The lowest BCUT2D eigenvalue weighted by atomic mass is 9.43. The number of hydrogen-bond donors (Lipinski definition) is 3. The molecule has 4 unspecified atom stereocenters. The van der Waals surface area contributed by atoms with Gasteiger partial charge in [0.05, 0.1) is 5.60 Å². The fraction of sp³-hybridized carbons (Fsp3) is 0.792. The molecule has 5 aliphatic rings. The van der Waals surface area contributed by atoms with Crippen LogP contribution in [-0.2, 0) is 9.53 Å². The number of cyclic esters (lactones) is 1. The van der Waals surface area contributed by atoms with Crippen molar-refractivity contribution in [3.05, 3.63) is 11.6 Å². The Morgan fingerprint density at radius 2 is 2.03 bits per heavy atom. The number of rotatable bonds is 2. The summed E-state index contributed by atoms with van der Waals surface area (Å²) in [6.07, 6.45) is 11.0. The molecule has 31 heavy (non-hydrogen) atoms. The average Bonchev–Trinajstić information content (AvgIpc) is 3.26. The Morgan fingerprint density at radius 1 is 1.23 bits per heavy atom. The Labute approximate surface area is 190 Å². The number of esters is 1. The van der Waals surface area contributed by atoms with E-state index in [1.807, 2.05) is 0 Å². The molecule has 7 atom stereocenters. The zero-order chi connectivity index (χ0) is 22.0. The summed E-state index contributed by atoms with van der Waals surface area (Å²) in [5.41, 5.74) is 10.0. The molecule has 1 heterocycles. The number of hydrazone groups is 1. The Kier molecular flexibility index (Phi) is 5.02. The largest absolute Gasteiger partial charge is 0.458 e. The molecule has 0 aromatic heterocycles. The Hall–Kier alpha value is -1.47. The van der Waals surface area contributed by atoms with Crippen LogP contribution in [0.3, 0.4) is 0 Å². The molecule has 4 fully saturated rings. The van der Waals surface area contributed by atoms with Crippen molar-refractivity contribution in [3.8, 4) is 0 Å². The van der Waals surface area contributed by atoms with Gasteiger partial charge in [-0.3, -0.25) is 5.43 Å². The van der Waals surface area contributed by atoms with E-state index in [-0.39, 0.29) is 27.8 Å². The highest BCUT2D eigenvalue weighted by atomic mass is 32.1. The smallest absolute Gasteiger partial charge is 0.331 e. The normalized spacial score (nSPS) is 47.8. The van der Waals surface area contributed by atoms with Crippen molar-refractivity contribution in [2.45, 2.75) is 77.2 Å². The highest BCUT2D eigenvalue weighted by Gasteiger charge is 2.67. The van der Waals surface area contributed by atoms with E-state index in [4.69, 9.17) is 22.7 Å². The van der Waals surface area contributed by atoms with E-state index < -0.39 is 5.60 Å². The second-order valence-electron chi connectivity index (χ2n) is 11.1. The van der Waals surface area contributed by atoms with Crippen LogP contribution in [0.25, 0.3) is 0 Å². The first-order chi connectivity index (χ1) is 14.7. The number of aliphatic hydroxyl groups is 1. The zero-order valence-electron chi connectivity index (χ0n) is 18.7. The molecule has 4 N–H and O–H groups in total. The first kappa shape index (κ1) is 21.4. The van der Waals surface area contributed by atoms with Crippen LogP contribution < -0.4 is 11.2 Å². The number of carbonyl (C=O) groups excluding carboxylic acids is 1. The summed E-state index contributed by atoms with van der Waals surface area (Å²) in [6.45, 7) is 5.16. The van der Waals surface area contributed by atoms with Crippen molar-refractivity contribution >= 4 is 29.0 Å². The van der Waals surface area contributed by atoms with E-state index in [0.717, 1.165) is 63.4 Å². The molecule has 4 aliphatic carbocycles. The van der Waals surface area contributed by atoms with Gasteiger partial charge in [-0.05, 0) is 105 Å². The predicted octanol–water partition coefficient (Wildman–Crippen LogP) is 3.43. The van der Waals surface area contributed by atoms with Crippen LogP contribution in [0.5, 0.6) is 0 Å². The van der Waals surface area contributed by atoms with Gasteiger partial charge < -0.3 is 15.6 Å². The first-order valence-corrected chi connectivity index (χ1v) is 12.3. The molecule has 170 valence electrons. The highest BCUT2D eigenvalue weighted by molar-refractivity contribution is 7.80. The summed E-state index contributed by atoms with van der Waals surface area (Å²) in [5, 5.41) is 16.9. The molecular formula is C24H35N3O3S. The van der Waals surface area contributed by atoms with Gasteiger partial charge in [-0.1, -0.05) is 13.8 Å². The molecule has 0 spiro atoms. The number of thiocarbonyl (C=S) groups is 1. The minimum Gasteiger partial charge on any atom is -0.458 e. The molecule has 1 aliphatic heterocycles. The summed E-state index contributed by atoms with van der Waals surface area (Å²) in [4.78, 5) is 11.7. The van der Waals surface area contributed by atoms with Gasteiger partial charge in [-0.2, -0.15) is 5.10 Å². The van der Waals surface area contributed by atoms with Crippen LogP contribution in [0.2, 0.25) is 0 Å². The number of fused-ring (bicyclic) bond motifs is 5. The highest BCUT2D eigenvalue weighted by Crippen LogP contribution is 2.69. The van der Waals surface area contributed by atoms with Gasteiger partial charge in [0.15, 0.2) is 5.11 Å². The number of nitrogens with two attached hydrogens (primary N) is 1. The van der Waals surface area contributed by atoms with E-state index >= 15 is 0 Å². The van der Waals surface area contributed by atoms with E-state index in [1.165, 1.54) is 5.71 Å². The SMILES string of the molecule is C[C@]12CCC(=NNC(N)=S)CC1CCC1[C@@H]2CC[C@]2(C)C(C3=CC(=O)OC3)CCC12O. The molecule has 0 aromatic carbocycles. The van der Waals surface area contributed by atoms with Crippen molar-refractivity contribution in [3.63, 3.8) is 0 Å². The van der Waals surface area contributed by atoms with E-state index in [2.05, 4.69) is 24.4 Å². The third kappa shape index (κ3) is 3.10. The lowest BCUT2D eigenvalue weighted by molar-refractivity contribution is -0.200. The molecular weight excluding hydrogens is 410 g/mol. The molecule has 5 rings (SSSR count). The van der Waals surface area contributed by atoms with Crippen LogP contribution >= 0.6 is 12.2 Å². The van der Waals surface area contributed by atoms with Crippen molar-refractivity contribution in [1.82, 2.24) is 5.43 Å². The van der Waals surface area contributed by atoms with Gasteiger partial charge in [0.1, 0.15) is 6.61 Å². The number of hydrogen-bond acceptors (Lipinski definition) is 5. The monoisotopic (exact) mass is 445 g/mol. The number of nitrogens with one attached hydrogen (secondary N) is 1. The predicted molar refractivity (Wildman–Crippen MR) is 123 cm³/mol. The quantitative estimate of drug-likeness (QED) is 0.342. The topological polar surface area (TPSA) is 96.9 Å². The second-order valence-corrected chi connectivity index (χ2v) is 11.6. The van der Waals surface area contributed by atoms with Gasteiger partial charge >= 0.3 is 5.97 Å². The number of nitrogens with zero attached hydrogens (tertiary/aromatic N) is 1. The average molecular weight is 446 g/mol. The molecule has 0 saturated heterocycles. The number of carbonyl (C=O) groups is 1. The third-order valence-electron chi connectivity index (χ3n) is 10.1. The van der Waals surface area contributed by atoms with Gasteiger partial charge in [0.2, 0.25) is 0 Å². The molecule has 0 aromatic rings. The molecule has 0 amide bonds. The minimum absolute atomic E-state index is 0.167. The first-order valence-electron chi connectivity index (χ1n) is 11.9. The van der Waals surface area contributed by atoms with Crippen LogP contribution in [0.1, 0.15) is 71.6 Å². The zero-order valence-corrected chi connectivity index (χ0v) is 19.5. The lowest BCUT2D eigenvalue weighted by Crippen LogP contribution is -2.62. The Morgan fingerprint density at radius 3 is 2.74 bits per heavy atom. The van der Waals surface area contributed by atoms with Crippen molar-refractivity contribution in [2.75, 3.05) is 6.61 Å².